The van der Waals surface area contributed by atoms with Crippen LogP contribution in [0.3, 0.4) is 0 Å². The van der Waals surface area contributed by atoms with Gasteiger partial charge in [0, 0.05) is 32.1 Å². The Labute approximate surface area is 196 Å². The lowest BCUT2D eigenvalue weighted by molar-refractivity contribution is -0.117. The number of carbonyl (C=O) groups is 1. The highest BCUT2D eigenvalue weighted by atomic mass is 32.2. The van der Waals surface area contributed by atoms with Gasteiger partial charge in [0.05, 0.1) is 5.69 Å². The van der Waals surface area contributed by atoms with Crippen molar-refractivity contribution in [1.29, 1.82) is 0 Å². The highest BCUT2D eigenvalue weighted by Gasteiger charge is 2.19. The first-order chi connectivity index (χ1) is 16.0. The summed E-state index contributed by atoms with van der Waals surface area (Å²) in [6.45, 7) is 2.09. The number of aryl methyl sites for hydroxylation is 1. The van der Waals surface area contributed by atoms with Crippen LogP contribution >= 0.6 is 11.8 Å². The van der Waals surface area contributed by atoms with Gasteiger partial charge in [-0.15, -0.1) is 16.9 Å². The van der Waals surface area contributed by atoms with Gasteiger partial charge in [0.15, 0.2) is 12.3 Å². The summed E-state index contributed by atoms with van der Waals surface area (Å²) in [4.78, 5) is 22.4. The molecular weight excluding hydrogens is 442 g/mol. The maximum Gasteiger partial charge on any atom is 0.225 e. The lowest BCUT2D eigenvalue weighted by Crippen LogP contribution is -2.23. The quantitative estimate of drug-likeness (QED) is 0.259. The summed E-state index contributed by atoms with van der Waals surface area (Å²) in [5.74, 6) is 0.876. The summed E-state index contributed by atoms with van der Waals surface area (Å²) in [6, 6.07) is 14.9. The van der Waals surface area contributed by atoms with E-state index in [-0.39, 0.29) is 23.9 Å². The molecule has 2 heterocycles. The monoisotopic (exact) mass is 469 g/mol. The Morgan fingerprint density at radius 2 is 2.00 bits per heavy atom. The summed E-state index contributed by atoms with van der Waals surface area (Å²) >= 11 is 1.58. The second-order valence-corrected chi connectivity index (χ2v) is 8.23. The Morgan fingerprint density at radius 1 is 1.21 bits per heavy atom. The minimum atomic E-state index is -0.122. The number of tetrazole rings is 1. The predicted octanol–water partition coefficient (Wildman–Crippen LogP) is 2.87. The van der Waals surface area contributed by atoms with Crippen molar-refractivity contribution in [2.75, 3.05) is 18.7 Å². The molecular formula is C22H27N7O3S. The maximum absolute atomic E-state index is 12.4. The van der Waals surface area contributed by atoms with Gasteiger partial charge in [-0.3, -0.25) is 4.79 Å². The fourth-order valence-corrected chi connectivity index (χ4v) is 3.94. The van der Waals surface area contributed by atoms with Crippen LogP contribution in [-0.2, 0) is 28.0 Å². The number of hydrogen-bond donors (Lipinski definition) is 1. The number of nitrogens with one attached hydrogen (secondary N) is 1. The average molecular weight is 470 g/mol. The van der Waals surface area contributed by atoms with Gasteiger partial charge < -0.3 is 14.9 Å². The molecule has 1 N–H and O–H groups in total. The number of benzene rings is 1. The molecule has 2 aromatic heterocycles. The van der Waals surface area contributed by atoms with E-state index >= 15 is 0 Å². The largest absolute Gasteiger partial charge is 0.389 e. The summed E-state index contributed by atoms with van der Waals surface area (Å²) in [5, 5.41) is 18.7. The van der Waals surface area contributed by atoms with Gasteiger partial charge in [0.1, 0.15) is 11.3 Å². The van der Waals surface area contributed by atoms with Crippen LogP contribution in [0.25, 0.3) is 0 Å². The lowest BCUT2D eigenvalue weighted by Gasteiger charge is -2.20. The van der Waals surface area contributed by atoms with Crippen LogP contribution in [-0.4, -0.2) is 55.6 Å². The van der Waals surface area contributed by atoms with Crippen molar-refractivity contribution in [3.63, 3.8) is 0 Å². The number of pyridine rings is 1. The topological polar surface area (TPSA) is 116 Å². The van der Waals surface area contributed by atoms with E-state index < -0.39 is 0 Å². The maximum atomic E-state index is 12.4. The van der Waals surface area contributed by atoms with Crippen LogP contribution in [0.1, 0.15) is 30.4 Å². The molecule has 1 aromatic carbocycles. The first-order valence-corrected chi connectivity index (χ1v) is 11.6. The van der Waals surface area contributed by atoms with Crippen molar-refractivity contribution in [1.82, 2.24) is 25.2 Å². The van der Waals surface area contributed by atoms with Gasteiger partial charge in [-0.1, -0.05) is 48.5 Å². The molecule has 0 bridgehead atoms. The molecule has 0 saturated carbocycles. The van der Waals surface area contributed by atoms with Gasteiger partial charge in [-0.25, -0.2) is 9.67 Å². The summed E-state index contributed by atoms with van der Waals surface area (Å²) in [5.41, 5.74) is 1.90. The van der Waals surface area contributed by atoms with Gasteiger partial charge in [-0.2, -0.15) is 0 Å². The van der Waals surface area contributed by atoms with E-state index in [0.29, 0.717) is 29.5 Å². The standard InChI is InChI=1S/C22H27N7O3S/c1-15(22(31-3)33-4)13-19(30)24-18-12-8-11-17(23-18)14-32-26-20(16-9-6-5-7-10-16)21-25-27-28-29(21)2/h5-12,15,22H,13-14H2,1-4H3,(H,23,24,30). The fraction of sp³-hybridized carbons (Fsp3) is 0.364. The van der Waals surface area contributed by atoms with Gasteiger partial charge in [0.25, 0.3) is 0 Å². The molecule has 0 saturated heterocycles. The van der Waals surface area contributed by atoms with E-state index in [2.05, 4.69) is 31.0 Å². The number of hydrogen-bond acceptors (Lipinski definition) is 9. The molecule has 3 rings (SSSR count). The van der Waals surface area contributed by atoms with Crippen LogP contribution in [0.2, 0.25) is 0 Å². The molecule has 10 nitrogen and oxygen atoms in total. The van der Waals surface area contributed by atoms with E-state index in [1.165, 1.54) is 4.68 Å². The zero-order valence-electron chi connectivity index (χ0n) is 19.0. The minimum absolute atomic E-state index is 0.0377. The van der Waals surface area contributed by atoms with Gasteiger partial charge >= 0.3 is 0 Å². The predicted molar refractivity (Wildman–Crippen MR) is 127 cm³/mol. The number of amides is 1. The third-order valence-electron chi connectivity index (χ3n) is 4.76. The molecule has 0 fully saturated rings. The third kappa shape index (κ3) is 6.83. The summed E-state index contributed by atoms with van der Waals surface area (Å²) < 4.78 is 6.91. The number of anilines is 1. The third-order valence-corrected chi connectivity index (χ3v) is 5.88. The number of oxime groups is 1. The minimum Gasteiger partial charge on any atom is -0.389 e. The Balaban J connectivity index is 1.65. The highest BCUT2D eigenvalue weighted by molar-refractivity contribution is 7.99. The molecule has 0 aliphatic heterocycles. The highest BCUT2D eigenvalue weighted by Crippen LogP contribution is 2.21. The number of carbonyl (C=O) groups excluding carboxylic acids is 1. The Kier molecular flexibility index (Phi) is 8.90. The van der Waals surface area contributed by atoms with Crippen molar-refractivity contribution in [2.24, 2.45) is 18.1 Å². The number of ether oxygens (including phenoxy) is 1. The molecule has 1 amide bonds. The van der Waals surface area contributed by atoms with Crippen LogP contribution in [0.15, 0.2) is 53.7 Å². The van der Waals surface area contributed by atoms with Crippen LogP contribution in [0, 0.1) is 5.92 Å². The van der Waals surface area contributed by atoms with Crippen molar-refractivity contribution < 1.29 is 14.4 Å². The second kappa shape index (κ2) is 12.1. The molecule has 2 atom stereocenters. The zero-order chi connectivity index (χ0) is 23.6. The Bertz CT molecular complexity index is 1070. The Hall–Kier alpha value is -3.31. The van der Waals surface area contributed by atoms with E-state index in [0.717, 1.165) is 5.56 Å². The molecule has 2 unspecified atom stereocenters. The molecule has 0 aliphatic carbocycles. The van der Waals surface area contributed by atoms with E-state index in [1.54, 1.807) is 44.1 Å². The summed E-state index contributed by atoms with van der Waals surface area (Å²) in [7, 11) is 3.38. The number of aromatic nitrogens is 5. The SMILES string of the molecule is COC(SC)C(C)CC(=O)Nc1cccc(CON=C(c2ccccc2)c2nnnn2C)n1. The van der Waals surface area contributed by atoms with Crippen LogP contribution in [0.4, 0.5) is 5.82 Å². The van der Waals surface area contributed by atoms with Crippen molar-refractivity contribution in [3.05, 3.63) is 65.6 Å². The molecule has 0 spiro atoms. The molecule has 0 aliphatic rings. The van der Waals surface area contributed by atoms with Crippen molar-refractivity contribution in [3.8, 4) is 0 Å². The molecule has 33 heavy (non-hydrogen) atoms. The number of thioether (sulfide) groups is 1. The van der Waals surface area contributed by atoms with Crippen molar-refractivity contribution >= 4 is 29.2 Å². The first kappa shape index (κ1) is 24.3. The lowest BCUT2D eigenvalue weighted by atomic mass is 10.1. The average Bonchev–Trinajstić information content (AvgIpc) is 3.23. The van der Waals surface area contributed by atoms with Gasteiger partial charge in [-0.05, 0) is 28.8 Å². The number of nitrogens with zero attached hydrogens (tertiary/aromatic N) is 6. The summed E-state index contributed by atoms with van der Waals surface area (Å²) in [6.07, 6.45) is 2.29. The molecule has 11 heteroatoms. The van der Waals surface area contributed by atoms with Crippen LogP contribution in [0.5, 0.6) is 0 Å². The molecule has 174 valence electrons. The number of methoxy groups -OCH3 is 1. The van der Waals surface area contributed by atoms with E-state index in [9.17, 15) is 4.79 Å². The van der Waals surface area contributed by atoms with Crippen molar-refractivity contribution in [2.45, 2.75) is 25.4 Å². The molecule has 3 aromatic rings. The van der Waals surface area contributed by atoms with Crippen LogP contribution < -0.4 is 5.32 Å². The van der Waals surface area contributed by atoms with Gasteiger partial charge in [0.2, 0.25) is 11.7 Å². The first-order valence-electron chi connectivity index (χ1n) is 10.3. The Morgan fingerprint density at radius 3 is 2.67 bits per heavy atom. The van der Waals surface area contributed by atoms with E-state index in [4.69, 9.17) is 9.57 Å². The second-order valence-electron chi connectivity index (χ2n) is 7.29. The molecule has 0 radical (unpaired) electrons. The fourth-order valence-electron chi connectivity index (χ4n) is 3.18. The van der Waals surface area contributed by atoms with E-state index in [1.807, 2.05) is 43.5 Å². The normalized spacial score (nSPS) is 13.4. The zero-order valence-corrected chi connectivity index (χ0v) is 19.8. The number of rotatable bonds is 11. The smallest absolute Gasteiger partial charge is 0.225 e.